The Morgan fingerprint density at radius 1 is 1.14 bits per heavy atom. The number of aryl methyl sites for hydroxylation is 2. The monoisotopic (exact) mass is 528 g/mol. The number of amides is 1. The molecule has 4 rings (SSSR count). The topological polar surface area (TPSA) is 112 Å². The van der Waals surface area contributed by atoms with E-state index in [2.05, 4.69) is 10.4 Å². The van der Waals surface area contributed by atoms with Gasteiger partial charge in [-0.15, -0.1) is 0 Å². The molecule has 2 heterocycles. The molecule has 0 aliphatic carbocycles. The number of nitrogens with one attached hydrogen (secondary N) is 1. The molecule has 0 unspecified atom stereocenters. The van der Waals surface area contributed by atoms with E-state index in [1.807, 2.05) is 13.0 Å². The Balaban J connectivity index is 1.41. The molecule has 0 aliphatic rings. The van der Waals surface area contributed by atoms with Crippen molar-refractivity contribution in [2.75, 3.05) is 5.32 Å². The zero-order valence-electron chi connectivity index (χ0n) is 19.7. The zero-order valence-corrected chi connectivity index (χ0v) is 21.2. The Bertz CT molecular complexity index is 1460. The van der Waals surface area contributed by atoms with E-state index in [1.165, 1.54) is 12.1 Å². The van der Waals surface area contributed by atoms with Crippen LogP contribution in [-0.2, 0) is 13.2 Å². The summed E-state index contributed by atoms with van der Waals surface area (Å²) in [4.78, 5) is 23.3. The van der Waals surface area contributed by atoms with Crippen molar-refractivity contribution in [3.05, 3.63) is 103 Å². The van der Waals surface area contributed by atoms with Gasteiger partial charge in [0.1, 0.15) is 18.1 Å². The normalized spacial score (nSPS) is 10.9. The quantitative estimate of drug-likeness (QED) is 0.206. The molecule has 0 aliphatic heterocycles. The van der Waals surface area contributed by atoms with Crippen molar-refractivity contribution in [2.45, 2.75) is 33.9 Å². The summed E-state index contributed by atoms with van der Waals surface area (Å²) in [7, 11) is 0. The van der Waals surface area contributed by atoms with Crippen LogP contribution in [0, 0.1) is 30.9 Å². The Labute approximate surface area is 216 Å². The van der Waals surface area contributed by atoms with E-state index in [0.29, 0.717) is 45.0 Å². The predicted octanol–water partition coefficient (Wildman–Crippen LogP) is 6.50. The van der Waals surface area contributed by atoms with Crippen molar-refractivity contribution in [1.29, 1.82) is 0 Å². The smallest absolute Gasteiger partial charge is 0.291 e. The average Bonchev–Trinajstić information content (AvgIpc) is 3.40. The van der Waals surface area contributed by atoms with Gasteiger partial charge in [0.15, 0.2) is 5.76 Å². The molecule has 1 amide bonds. The number of nitro benzene ring substituents is 1. The number of rotatable bonds is 8. The van der Waals surface area contributed by atoms with Crippen molar-refractivity contribution in [1.82, 2.24) is 9.78 Å². The van der Waals surface area contributed by atoms with Gasteiger partial charge in [-0.25, -0.2) is 0 Å². The highest BCUT2D eigenvalue weighted by molar-refractivity contribution is 6.35. The van der Waals surface area contributed by atoms with E-state index >= 15 is 0 Å². The molecule has 2 aromatic carbocycles. The molecule has 0 saturated heterocycles. The molecular weight excluding hydrogens is 507 g/mol. The van der Waals surface area contributed by atoms with Crippen molar-refractivity contribution in [3.8, 4) is 5.75 Å². The van der Waals surface area contributed by atoms with Crippen LogP contribution in [0.25, 0.3) is 0 Å². The first-order valence-corrected chi connectivity index (χ1v) is 11.6. The predicted molar refractivity (Wildman–Crippen MR) is 136 cm³/mol. The van der Waals surface area contributed by atoms with Crippen LogP contribution in [0.3, 0.4) is 0 Å². The Kier molecular flexibility index (Phi) is 7.32. The first-order valence-electron chi connectivity index (χ1n) is 10.9. The third-order valence-electron chi connectivity index (χ3n) is 5.59. The van der Waals surface area contributed by atoms with E-state index in [1.54, 1.807) is 48.9 Å². The second kappa shape index (κ2) is 10.4. The fraction of sp³-hybridized carbons (Fsp3) is 0.200. The second-order valence-corrected chi connectivity index (χ2v) is 9.00. The van der Waals surface area contributed by atoms with Crippen LogP contribution in [0.15, 0.2) is 52.9 Å². The van der Waals surface area contributed by atoms with Crippen LogP contribution in [0.4, 0.5) is 11.4 Å². The number of carbonyl (C=O) groups excluding carboxylic acids is 1. The Morgan fingerprint density at radius 3 is 2.61 bits per heavy atom. The fourth-order valence-corrected chi connectivity index (χ4v) is 4.14. The number of hydrogen-bond donors (Lipinski definition) is 1. The van der Waals surface area contributed by atoms with E-state index in [0.717, 1.165) is 11.3 Å². The van der Waals surface area contributed by atoms with Crippen molar-refractivity contribution in [2.24, 2.45) is 0 Å². The SMILES string of the molecule is Cc1cc(OCc2ccc(C(=O)Nc3c(C)nn(Cc4ccc(Cl)cc4Cl)c3C)o2)ccc1[N+](=O)[O-]. The number of halogens is 2. The van der Waals surface area contributed by atoms with Crippen LogP contribution < -0.4 is 10.1 Å². The third-order valence-corrected chi connectivity index (χ3v) is 6.17. The number of carbonyl (C=O) groups is 1. The van der Waals surface area contributed by atoms with E-state index in [9.17, 15) is 14.9 Å². The van der Waals surface area contributed by atoms with Crippen molar-refractivity contribution < 1.29 is 18.9 Å². The maximum absolute atomic E-state index is 12.8. The van der Waals surface area contributed by atoms with Crippen LogP contribution >= 0.6 is 23.2 Å². The molecule has 0 radical (unpaired) electrons. The molecular formula is C25H22Cl2N4O5. The van der Waals surface area contributed by atoms with Crippen LogP contribution in [0.2, 0.25) is 10.0 Å². The number of hydrogen-bond acceptors (Lipinski definition) is 6. The first kappa shape index (κ1) is 25.3. The summed E-state index contributed by atoms with van der Waals surface area (Å²) in [5, 5.41) is 19.4. The standard InChI is InChI=1S/C25H22Cl2N4O5/c1-14-10-19(6-8-22(14)31(33)34)35-13-20-7-9-23(36-20)25(32)28-24-15(2)29-30(16(24)3)12-17-4-5-18(26)11-21(17)27/h4-11H,12-13H2,1-3H3,(H,28,32). The minimum atomic E-state index is -0.448. The molecule has 11 heteroatoms. The highest BCUT2D eigenvalue weighted by atomic mass is 35.5. The summed E-state index contributed by atoms with van der Waals surface area (Å²) < 4.78 is 13.0. The maximum Gasteiger partial charge on any atom is 0.291 e. The summed E-state index contributed by atoms with van der Waals surface area (Å²) >= 11 is 12.3. The number of furan rings is 1. The highest BCUT2D eigenvalue weighted by Crippen LogP contribution is 2.26. The molecule has 2 aromatic heterocycles. The van der Waals surface area contributed by atoms with Gasteiger partial charge in [0.25, 0.3) is 11.6 Å². The van der Waals surface area contributed by atoms with Crippen molar-refractivity contribution >= 4 is 40.5 Å². The lowest BCUT2D eigenvalue weighted by molar-refractivity contribution is -0.385. The van der Waals surface area contributed by atoms with Gasteiger partial charge in [-0.2, -0.15) is 5.10 Å². The van der Waals surface area contributed by atoms with Gasteiger partial charge >= 0.3 is 0 Å². The third kappa shape index (κ3) is 5.53. The molecule has 0 bridgehead atoms. The lowest BCUT2D eigenvalue weighted by Crippen LogP contribution is -2.12. The number of nitrogens with zero attached hydrogens (tertiary/aromatic N) is 3. The van der Waals surface area contributed by atoms with Crippen LogP contribution in [0.1, 0.15) is 38.8 Å². The lowest BCUT2D eigenvalue weighted by atomic mass is 10.2. The number of benzene rings is 2. The van der Waals surface area contributed by atoms with Gasteiger partial charge in [0.2, 0.25) is 0 Å². The number of ether oxygens (including phenoxy) is 1. The highest BCUT2D eigenvalue weighted by Gasteiger charge is 2.19. The van der Waals surface area contributed by atoms with Crippen LogP contribution in [0.5, 0.6) is 5.75 Å². The zero-order chi connectivity index (χ0) is 26.0. The summed E-state index contributed by atoms with van der Waals surface area (Å²) in [6, 6.07) is 12.9. The van der Waals surface area contributed by atoms with Gasteiger partial charge < -0.3 is 14.5 Å². The maximum atomic E-state index is 12.8. The Morgan fingerprint density at radius 2 is 1.92 bits per heavy atom. The summed E-state index contributed by atoms with van der Waals surface area (Å²) in [5.74, 6) is 0.570. The van der Waals surface area contributed by atoms with Crippen LogP contribution in [-0.4, -0.2) is 20.6 Å². The number of anilines is 1. The largest absolute Gasteiger partial charge is 0.486 e. The molecule has 0 saturated carbocycles. The summed E-state index contributed by atoms with van der Waals surface area (Å²) in [6.07, 6.45) is 0. The molecule has 186 valence electrons. The minimum absolute atomic E-state index is 0.0180. The molecule has 4 aromatic rings. The van der Waals surface area contributed by atoms with Gasteiger partial charge in [0, 0.05) is 21.7 Å². The summed E-state index contributed by atoms with van der Waals surface area (Å²) in [5.41, 5.74) is 3.35. The summed E-state index contributed by atoms with van der Waals surface area (Å²) in [6.45, 7) is 5.77. The molecule has 0 spiro atoms. The van der Waals surface area contributed by atoms with Gasteiger partial charge in [-0.3, -0.25) is 19.6 Å². The van der Waals surface area contributed by atoms with E-state index in [-0.39, 0.29) is 18.1 Å². The van der Waals surface area contributed by atoms with Gasteiger partial charge in [-0.05, 0) is 62.7 Å². The average molecular weight is 529 g/mol. The molecule has 36 heavy (non-hydrogen) atoms. The van der Waals surface area contributed by atoms with E-state index in [4.69, 9.17) is 32.4 Å². The minimum Gasteiger partial charge on any atom is -0.486 e. The molecule has 0 fully saturated rings. The molecule has 1 N–H and O–H groups in total. The lowest BCUT2D eigenvalue weighted by Gasteiger charge is -2.08. The Hall–Kier alpha value is -3.82. The van der Waals surface area contributed by atoms with Gasteiger partial charge in [-0.1, -0.05) is 29.3 Å². The van der Waals surface area contributed by atoms with Crippen molar-refractivity contribution in [3.63, 3.8) is 0 Å². The molecule has 0 atom stereocenters. The van der Waals surface area contributed by atoms with E-state index < -0.39 is 10.8 Å². The first-order chi connectivity index (χ1) is 17.1. The second-order valence-electron chi connectivity index (χ2n) is 8.15. The number of aromatic nitrogens is 2. The fourth-order valence-electron chi connectivity index (χ4n) is 3.67. The number of nitro groups is 1. The van der Waals surface area contributed by atoms with Gasteiger partial charge in [0.05, 0.1) is 28.5 Å². The molecule has 9 nitrogen and oxygen atoms in total.